The molecule has 0 heterocycles. The van der Waals surface area contributed by atoms with Crippen LogP contribution in [0.3, 0.4) is 0 Å². The van der Waals surface area contributed by atoms with Gasteiger partial charge in [0, 0.05) is 11.1 Å². The first-order chi connectivity index (χ1) is 7.04. The van der Waals surface area contributed by atoms with Crippen molar-refractivity contribution in [2.75, 3.05) is 6.54 Å². The Bertz CT molecular complexity index is 371. The predicted octanol–water partition coefficient (Wildman–Crippen LogP) is 3.67. The van der Waals surface area contributed by atoms with Crippen LogP contribution in [-0.4, -0.2) is 6.54 Å². The van der Waals surface area contributed by atoms with Gasteiger partial charge >= 0.3 is 0 Å². The summed E-state index contributed by atoms with van der Waals surface area (Å²) in [5.41, 5.74) is 3.10. The average molecular weight is 224 g/mol. The first-order valence-electron chi connectivity index (χ1n) is 5.58. The van der Waals surface area contributed by atoms with E-state index in [9.17, 15) is 0 Å². The fourth-order valence-electron chi connectivity index (χ4n) is 2.60. The molecule has 1 aliphatic carbocycles. The van der Waals surface area contributed by atoms with E-state index in [-0.39, 0.29) is 5.41 Å². The Balaban J connectivity index is 2.44. The van der Waals surface area contributed by atoms with Crippen molar-refractivity contribution in [3.63, 3.8) is 0 Å². The van der Waals surface area contributed by atoms with Gasteiger partial charge in [-0.15, -0.1) is 0 Å². The van der Waals surface area contributed by atoms with Crippen molar-refractivity contribution in [3.05, 3.63) is 34.3 Å². The van der Waals surface area contributed by atoms with Crippen LogP contribution in [0.1, 0.15) is 44.4 Å². The highest BCUT2D eigenvalue weighted by molar-refractivity contribution is 6.30. The number of rotatable bonds is 2. The van der Waals surface area contributed by atoms with E-state index in [1.54, 1.807) is 0 Å². The molecule has 2 rings (SSSR count). The molecule has 0 bridgehead atoms. The summed E-state index contributed by atoms with van der Waals surface area (Å²) >= 11 is 6.05. The van der Waals surface area contributed by atoms with Crippen molar-refractivity contribution >= 4 is 11.6 Å². The van der Waals surface area contributed by atoms with E-state index in [0.29, 0.717) is 6.04 Å². The molecule has 0 aliphatic heterocycles. The third-order valence-electron chi connectivity index (χ3n) is 3.28. The zero-order valence-corrected chi connectivity index (χ0v) is 10.4. The monoisotopic (exact) mass is 223 g/mol. The number of benzene rings is 1. The molecule has 2 heteroatoms. The molecule has 0 saturated heterocycles. The fraction of sp³-hybridized carbons (Fsp3) is 0.538. The minimum atomic E-state index is 0.271. The SMILES string of the molecule is CCNC1CC(C)(C)c2ccc(Cl)cc21. The maximum absolute atomic E-state index is 6.05. The molecular formula is C13H18ClN. The van der Waals surface area contributed by atoms with Gasteiger partial charge in [0.1, 0.15) is 0 Å². The molecule has 0 saturated carbocycles. The standard InChI is InChI=1S/C13H18ClN/c1-4-15-12-8-13(2,3)11-6-5-9(14)7-10(11)12/h5-7,12,15H,4,8H2,1-3H3. The van der Waals surface area contributed by atoms with Crippen LogP contribution in [-0.2, 0) is 5.41 Å². The zero-order valence-electron chi connectivity index (χ0n) is 9.60. The molecule has 0 aromatic heterocycles. The first-order valence-corrected chi connectivity index (χ1v) is 5.95. The van der Waals surface area contributed by atoms with Crippen LogP contribution < -0.4 is 5.32 Å². The number of hydrogen-bond donors (Lipinski definition) is 1. The highest BCUT2D eigenvalue weighted by Crippen LogP contribution is 2.45. The van der Waals surface area contributed by atoms with Gasteiger partial charge in [0.25, 0.3) is 0 Å². The second kappa shape index (κ2) is 3.80. The van der Waals surface area contributed by atoms with Crippen molar-refractivity contribution in [2.24, 2.45) is 0 Å². The normalized spacial score (nSPS) is 22.8. The fourth-order valence-corrected chi connectivity index (χ4v) is 2.78. The van der Waals surface area contributed by atoms with Crippen molar-refractivity contribution in [2.45, 2.75) is 38.6 Å². The smallest absolute Gasteiger partial charge is 0.0409 e. The highest BCUT2D eigenvalue weighted by atomic mass is 35.5. The van der Waals surface area contributed by atoms with E-state index in [4.69, 9.17) is 11.6 Å². The minimum absolute atomic E-state index is 0.271. The van der Waals surface area contributed by atoms with Gasteiger partial charge in [-0.3, -0.25) is 0 Å². The Hall–Kier alpha value is -0.530. The Labute approximate surface area is 96.8 Å². The van der Waals surface area contributed by atoms with Crippen molar-refractivity contribution in [1.29, 1.82) is 0 Å². The van der Waals surface area contributed by atoms with Crippen LogP contribution >= 0.6 is 11.6 Å². The second-order valence-electron chi connectivity index (χ2n) is 4.93. The van der Waals surface area contributed by atoms with Crippen LogP contribution in [0.15, 0.2) is 18.2 Å². The predicted molar refractivity (Wildman–Crippen MR) is 65.5 cm³/mol. The van der Waals surface area contributed by atoms with Crippen molar-refractivity contribution in [1.82, 2.24) is 5.32 Å². The largest absolute Gasteiger partial charge is 0.310 e. The molecule has 0 fully saturated rings. The Kier molecular flexibility index (Phi) is 2.78. The molecule has 1 aliphatic rings. The van der Waals surface area contributed by atoms with E-state index in [1.165, 1.54) is 11.1 Å². The molecule has 0 spiro atoms. The molecule has 1 aromatic rings. The van der Waals surface area contributed by atoms with Gasteiger partial charge in [-0.25, -0.2) is 0 Å². The molecule has 0 amide bonds. The molecule has 1 N–H and O–H groups in total. The third kappa shape index (κ3) is 1.91. The lowest BCUT2D eigenvalue weighted by atomic mass is 9.86. The van der Waals surface area contributed by atoms with Crippen LogP contribution in [0.2, 0.25) is 5.02 Å². The zero-order chi connectivity index (χ0) is 11.1. The third-order valence-corrected chi connectivity index (χ3v) is 3.52. The lowest BCUT2D eigenvalue weighted by Gasteiger charge is -2.19. The number of fused-ring (bicyclic) bond motifs is 1. The summed E-state index contributed by atoms with van der Waals surface area (Å²) < 4.78 is 0. The summed E-state index contributed by atoms with van der Waals surface area (Å²) in [4.78, 5) is 0. The van der Waals surface area contributed by atoms with E-state index >= 15 is 0 Å². The van der Waals surface area contributed by atoms with Gasteiger partial charge in [0.05, 0.1) is 0 Å². The molecule has 1 nitrogen and oxygen atoms in total. The maximum Gasteiger partial charge on any atom is 0.0409 e. The molecular weight excluding hydrogens is 206 g/mol. The van der Waals surface area contributed by atoms with Crippen LogP contribution in [0, 0.1) is 0 Å². The summed E-state index contributed by atoms with van der Waals surface area (Å²) in [5.74, 6) is 0. The van der Waals surface area contributed by atoms with Crippen LogP contribution in [0.5, 0.6) is 0 Å². The molecule has 1 atom stereocenters. The molecule has 1 unspecified atom stereocenters. The minimum Gasteiger partial charge on any atom is -0.310 e. The van der Waals surface area contributed by atoms with E-state index in [2.05, 4.69) is 38.2 Å². The molecule has 82 valence electrons. The van der Waals surface area contributed by atoms with E-state index in [1.807, 2.05) is 6.07 Å². The lowest BCUT2D eigenvalue weighted by Crippen LogP contribution is -2.20. The Morgan fingerprint density at radius 3 is 2.87 bits per heavy atom. The lowest BCUT2D eigenvalue weighted by molar-refractivity contribution is 0.434. The highest BCUT2D eigenvalue weighted by Gasteiger charge is 2.36. The Morgan fingerprint density at radius 2 is 2.20 bits per heavy atom. The topological polar surface area (TPSA) is 12.0 Å². The summed E-state index contributed by atoms with van der Waals surface area (Å²) in [5, 5.41) is 4.37. The van der Waals surface area contributed by atoms with E-state index in [0.717, 1.165) is 18.0 Å². The number of halogens is 1. The van der Waals surface area contributed by atoms with Crippen molar-refractivity contribution < 1.29 is 0 Å². The molecule has 15 heavy (non-hydrogen) atoms. The van der Waals surface area contributed by atoms with Crippen molar-refractivity contribution in [3.8, 4) is 0 Å². The summed E-state index contributed by atoms with van der Waals surface area (Å²) in [6, 6.07) is 6.75. The molecule has 1 aromatic carbocycles. The summed E-state index contributed by atoms with van der Waals surface area (Å²) in [6.07, 6.45) is 1.16. The number of nitrogens with one attached hydrogen (secondary N) is 1. The second-order valence-corrected chi connectivity index (χ2v) is 5.37. The van der Waals surface area contributed by atoms with Gasteiger partial charge in [-0.2, -0.15) is 0 Å². The average Bonchev–Trinajstić information content (AvgIpc) is 2.39. The maximum atomic E-state index is 6.05. The van der Waals surface area contributed by atoms with Gasteiger partial charge in [-0.05, 0) is 41.6 Å². The molecule has 0 radical (unpaired) electrons. The van der Waals surface area contributed by atoms with Crippen LogP contribution in [0.25, 0.3) is 0 Å². The van der Waals surface area contributed by atoms with Gasteiger partial charge in [0.2, 0.25) is 0 Å². The summed E-state index contributed by atoms with van der Waals surface area (Å²) in [7, 11) is 0. The number of hydrogen-bond acceptors (Lipinski definition) is 1. The Morgan fingerprint density at radius 1 is 1.47 bits per heavy atom. The van der Waals surface area contributed by atoms with Gasteiger partial charge in [-0.1, -0.05) is 38.4 Å². The summed E-state index contributed by atoms with van der Waals surface area (Å²) in [6.45, 7) is 7.76. The van der Waals surface area contributed by atoms with E-state index < -0.39 is 0 Å². The van der Waals surface area contributed by atoms with Gasteiger partial charge in [0.15, 0.2) is 0 Å². The quantitative estimate of drug-likeness (QED) is 0.807. The first kappa shape index (κ1) is 11.0. The van der Waals surface area contributed by atoms with Gasteiger partial charge < -0.3 is 5.32 Å². The van der Waals surface area contributed by atoms with Crippen LogP contribution in [0.4, 0.5) is 0 Å².